The van der Waals surface area contributed by atoms with Crippen molar-refractivity contribution in [2.75, 3.05) is 14.1 Å². The number of carbonyl (C=O) groups is 1. The lowest BCUT2D eigenvalue weighted by atomic mass is 10.1. The second-order valence-corrected chi connectivity index (χ2v) is 9.21. The molecule has 1 aliphatic rings. The number of fused-ring (bicyclic) bond motifs is 1. The molecule has 5 rings (SSSR count). The van der Waals surface area contributed by atoms with Crippen LogP contribution in [-0.4, -0.2) is 50.0 Å². The topological polar surface area (TPSA) is 73.1 Å². The summed E-state index contributed by atoms with van der Waals surface area (Å²) in [5, 5.41) is 0.442. The maximum Gasteiger partial charge on any atom is 0.253 e. The Balaban J connectivity index is 1.66. The molecule has 1 aliphatic carbocycles. The van der Waals surface area contributed by atoms with Gasteiger partial charge in [-0.05, 0) is 43.5 Å². The first-order valence-electron chi connectivity index (χ1n) is 10.8. The Morgan fingerprint density at radius 1 is 1.15 bits per heavy atom. The Kier molecular flexibility index (Phi) is 5.29. The maximum absolute atomic E-state index is 12.4. The molecule has 0 bridgehead atoms. The molecule has 2 aromatic heterocycles. The summed E-state index contributed by atoms with van der Waals surface area (Å²) in [5.74, 6) is 1.01. The van der Waals surface area contributed by atoms with Gasteiger partial charge in [-0.25, -0.2) is 9.97 Å². The van der Waals surface area contributed by atoms with E-state index in [4.69, 9.17) is 21.3 Å². The number of ether oxygens (including phenoxy) is 1. The maximum atomic E-state index is 12.4. The second-order valence-electron chi connectivity index (χ2n) is 8.80. The largest absolute Gasteiger partial charge is 0.470 e. The molecule has 0 atom stereocenters. The molecule has 0 N–H and O–H groups in total. The van der Waals surface area contributed by atoms with E-state index in [2.05, 4.69) is 29.0 Å². The SMILES string of the molecule is CN(C)C(=O)c1ccc(-c2nc3c(OC4(C)CC4)ncnc3n2Cc2ccccc2)c(Cl)c1. The molecule has 168 valence electrons. The Morgan fingerprint density at radius 3 is 2.58 bits per heavy atom. The smallest absolute Gasteiger partial charge is 0.253 e. The zero-order chi connectivity index (χ0) is 23.2. The van der Waals surface area contributed by atoms with Gasteiger partial charge in [-0.15, -0.1) is 0 Å². The fourth-order valence-electron chi connectivity index (χ4n) is 3.71. The zero-order valence-electron chi connectivity index (χ0n) is 18.7. The molecule has 0 aliphatic heterocycles. The van der Waals surface area contributed by atoms with Crippen LogP contribution in [-0.2, 0) is 6.54 Å². The van der Waals surface area contributed by atoms with Gasteiger partial charge in [-0.3, -0.25) is 4.79 Å². The summed E-state index contributed by atoms with van der Waals surface area (Å²) in [5.41, 5.74) is 3.41. The average molecular weight is 462 g/mol. The van der Waals surface area contributed by atoms with E-state index in [0.29, 0.717) is 45.6 Å². The summed E-state index contributed by atoms with van der Waals surface area (Å²) in [4.78, 5) is 27.7. The van der Waals surface area contributed by atoms with E-state index in [-0.39, 0.29) is 11.5 Å². The number of hydrogen-bond donors (Lipinski definition) is 0. The fourth-order valence-corrected chi connectivity index (χ4v) is 3.98. The highest BCUT2D eigenvalue weighted by atomic mass is 35.5. The van der Waals surface area contributed by atoms with E-state index in [1.54, 1.807) is 26.2 Å². The summed E-state index contributed by atoms with van der Waals surface area (Å²) < 4.78 is 8.19. The van der Waals surface area contributed by atoms with Crippen LogP contribution >= 0.6 is 11.6 Å². The van der Waals surface area contributed by atoms with Gasteiger partial charge in [0.1, 0.15) is 17.8 Å². The van der Waals surface area contributed by atoms with Crippen LogP contribution < -0.4 is 4.74 Å². The molecule has 0 unspecified atom stereocenters. The molecular weight excluding hydrogens is 438 g/mol. The number of benzene rings is 2. The first-order chi connectivity index (χ1) is 15.8. The molecule has 33 heavy (non-hydrogen) atoms. The quantitative estimate of drug-likeness (QED) is 0.411. The second kappa shape index (κ2) is 8.15. The standard InChI is InChI=1S/C25H24ClN5O2/c1-25(11-12-25)33-23-20-22(27-15-28-23)31(14-16-7-5-4-6-8-16)21(29-20)18-10-9-17(13-19(18)26)24(32)30(2)3/h4-10,13,15H,11-12,14H2,1-3H3. The number of carbonyl (C=O) groups excluding carboxylic acids is 1. The van der Waals surface area contributed by atoms with Crippen LogP contribution in [0.15, 0.2) is 54.9 Å². The molecule has 1 amide bonds. The normalized spacial score (nSPS) is 14.3. The molecule has 0 radical (unpaired) electrons. The fraction of sp³-hybridized carbons (Fsp3) is 0.280. The van der Waals surface area contributed by atoms with Crippen molar-refractivity contribution in [1.82, 2.24) is 24.4 Å². The van der Waals surface area contributed by atoms with Gasteiger partial charge in [0.2, 0.25) is 5.88 Å². The Hall–Kier alpha value is -3.45. The monoisotopic (exact) mass is 461 g/mol. The molecule has 1 saturated carbocycles. The number of aromatic nitrogens is 4. The van der Waals surface area contributed by atoms with Gasteiger partial charge in [-0.1, -0.05) is 41.9 Å². The van der Waals surface area contributed by atoms with Gasteiger partial charge in [0.25, 0.3) is 5.91 Å². The summed E-state index contributed by atoms with van der Waals surface area (Å²) in [6, 6.07) is 15.4. The highest BCUT2D eigenvalue weighted by Gasteiger charge is 2.41. The van der Waals surface area contributed by atoms with Gasteiger partial charge >= 0.3 is 0 Å². The minimum atomic E-state index is -0.198. The third-order valence-corrected chi connectivity index (χ3v) is 6.15. The number of halogens is 1. The van der Waals surface area contributed by atoms with E-state index in [1.807, 2.05) is 28.8 Å². The molecule has 8 heteroatoms. The van der Waals surface area contributed by atoms with Gasteiger partial charge in [0.15, 0.2) is 11.2 Å². The molecule has 1 fully saturated rings. The van der Waals surface area contributed by atoms with E-state index in [0.717, 1.165) is 18.4 Å². The Bertz CT molecular complexity index is 1350. The highest BCUT2D eigenvalue weighted by Crippen LogP contribution is 2.41. The predicted molar refractivity (Wildman–Crippen MR) is 128 cm³/mol. The lowest BCUT2D eigenvalue weighted by molar-refractivity contribution is 0.0827. The third-order valence-electron chi connectivity index (χ3n) is 5.84. The van der Waals surface area contributed by atoms with Crippen LogP contribution in [0.25, 0.3) is 22.6 Å². The molecule has 4 aromatic rings. The third kappa shape index (κ3) is 4.16. The molecule has 2 heterocycles. The van der Waals surface area contributed by atoms with Crippen LogP contribution in [0.5, 0.6) is 5.88 Å². The average Bonchev–Trinajstić information content (AvgIpc) is 3.42. The van der Waals surface area contributed by atoms with Crippen molar-refractivity contribution in [3.63, 3.8) is 0 Å². The highest BCUT2D eigenvalue weighted by molar-refractivity contribution is 6.33. The van der Waals surface area contributed by atoms with Crippen molar-refractivity contribution < 1.29 is 9.53 Å². The van der Waals surface area contributed by atoms with Crippen molar-refractivity contribution in [2.45, 2.75) is 31.9 Å². The van der Waals surface area contributed by atoms with Crippen LogP contribution in [0.1, 0.15) is 35.7 Å². The van der Waals surface area contributed by atoms with Crippen molar-refractivity contribution in [3.8, 4) is 17.3 Å². The van der Waals surface area contributed by atoms with Gasteiger partial charge in [0, 0.05) is 25.2 Å². The van der Waals surface area contributed by atoms with Crippen LogP contribution in [0.4, 0.5) is 0 Å². The van der Waals surface area contributed by atoms with E-state index < -0.39 is 0 Å². The Morgan fingerprint density at radius 2 is 1.91 bits per heavy atom. The number of hydrogen-bond acceptors (Lipinski definition) is 5. The number of amides is 1. The van der Waals surface area contributed by atoms with Crippen molar-refractivity contribution >= 4 is 28.7 Å². The molecule has 7 nitrogen and oxygen atoms in total. The minimum Gasteiger partial charge on any atom is -0.470 e. The van der Waals surface area contributed by atoms with Gasteiger partial charge in [0.05, 0.1) is 11.6 Å². The number of imidazole rings is 1. The molecule has 0 saturated heterocycles. The van der Waals surface area contributed by atoms with E-state index in [1.165, 1.54) is 11.2 Å². The summed E-state index contributed by atoms with van der Waals surface area (Å²) >= 11 is 6.68. The van der Waals surface area contributed by atoms with E-state index >= 15 is 0 Å². The molecular formula is C25H24ClN5O2. The van der Waals surface area contributed by atoms with Gasteiger partial charge < -0.3 is 14.2 Å². The Labute approximate surface area is 197 Å². The first-order valence-corrected chi connectivity index (χ1v) is 11.2. The van der Waals surface area contributed by atoms with Crippen molar-refractivity contribution in [2.24, 2.45) is 0 Å². The van der Waals surface area contributed by atoms with E-state index in [9.17, 15) is 4.79 Å². The molecule has 2 aromatic carbocycles. The van der Waals surface area contributed by atoms with Crippen molar-refractivity contribution in [3.05, 3.63) is 71.0 Å². The number of nitrogens with zero attached hydrogens (tertiary/aromatic N) is 5. The summed E-state index contributed by atoms with van der Waals surface area (Å²) in [7, 11) is 3.42. The lowest BCUT2D eigenvalue weighted by Gasteiger charge is -2.13. The first kappa shape index (κ1) is 21.4. The van der Waals surface area contributed by atoms with Crippen LogP contribution in [0, 0.1) is 0 Å². The van der Waals surface area contributed by atoms with Gasteiger partial charge in [-0.2, -0.15) is 4.98 Å². The van der Waals surface area contributed by atoms with Crippen molar-refractivity contribution in [1.29, 1.82) is 0 Å². The summed E-state index contributed by atoms with van der Waals surface area (Å²) in [6.45, 7) is 2.62. The predicted octanol–water partition coefficient (Wildman–Crippen LogP) is 4.83. The zero-order valence-corrected chi connectivity index (χ0v) is 19.5. The summed E-state index contributed by atoms with van der Waals surface area (Å²) in [6.07, 6.45) is 3.49. The molecule has 0 spiro atoms. The lowest BCUT2D eigenvalue weighted by Crippen LogP contribution is -2.21. The minimum absolute atomic E-state index is 0.111. The van der Waals surface area contributed by atoms with Crippen LogP contribution in [0.2, 0.25) is 5.02 Å². The van der Waals surface area contributed by atoms with Crippen LogP contribution in [0.3, 0.4) is 0 Å². The number of rotatable bonds is 6.